The van der Waals surface area contributed by atoms with Gasteiger partial charge in [-0.2, -0.15) is 4.98 Å². The van der Waals surface area contributed by atoms with Gasteiger partial charge < -0.3 is 15.4 Å². The highest BCUT2D eigenvalue weighted by Crippen LogP contribution is 2.25. The number of aromatic nitrogens is 4. The monoisotopic (exact) mass is 504 g/mol. The first-order valence-electron chi connectivity index (χ1n) is 11.8. The number of aryl methyl sites for hydroxylation is 1. The van der Waals surface area contributed by atoms with Gasteiger partial charge in [0.2, 0.25) is 11.9 Å². The minimum atomic E-state index is -0.360. The van der Waals surface area contributed by atoms with E-state index < -0.39 is 0 Å². The maximum atomic E-state index is 13.9. The number of fused-ring (bicyclic) bond motifs is 1. The molecule has 0 unspecified atom stereocenters. The summed E-state index contributed by atoms with van der Waals surface area (Å²) < 4.78 is 6.81. The third-order valence-corrected chi connectivity index (χ3v) is 5.86. The van der Waals surface area contributed by atoms with Gasteiger partial charge in [0.05, 0.1) is 19.0 Å². The molecule has 0 aliphatic carbocycles. The van der Waals surface area contributed by atoms with Crippen molar-refractivity contribution < 1.29 is 9.53 Å². The first-order valence-corrected chi connectivity index (χ1v) is 11.8. The number of hydrogen-bond donors (Lipinski definition) is 2. The van der Waals surface area contributed by atoms with Crippen molar-refractivity contribution in [1.29, 1.82) is 0 Å². The van der Waals surface area contributed by atoms with Crippen LogP contribution in [0.5, 0.6) is 5.75 Å². The molecule has 188 valence electrons. The summed E-state index contributed by atoms with van der Waals surface area (Å²) in [4.78, 5) is 39.5. The van der Waals surface area contributed by atoms with Gasteiger partial charge in [-0.3, -0.25) is 14.2 Å². The number of nitrogens with zero attached hydrogens (tertiary/aromatic N) is 4. The van der Waals surface area contributed by atoms with Crippen molar-refractivity contribution in [3.8, 4) is 22.7 Å². The topological polar surface area (TPSA) is 111 Å². The molecule has 0 atom stereocenters. The fourth-order valence-corrected chi connectivity index (χ4v) is 4.07. The van der Waals surface area contributed by atoms with Crippen molar-refractivity contribution in [3.05, 3.63) is 108 Å². The lowest BCUT2D eigenvalue weighted by Gasteiger charge is -2.14. The van der Waals surface area contributed by atoms with E-state index in [-0.39, 0.29) is 17.2 Å². The van der Waals surface area contributed by atoms with Crippen LogP contribution in [0.2, 0.25) is 0 Å². The molecule has 1 amide bonds. The lowest BCUT2D eigenvalue weighted by Crippen LogP contribution is -2.23. The number of ether oxygens (including phenoxy) is 1. The minimum absolute atomic E-state index is 0.258. The second-order valence-corrected chi connectivity index (χ2v) is 8.42. The van der Waals surface area contributed by atoms with E-state index in [9.17, 15) is 9.59 Å². The van der Waals surface area contributed by atoms with Crippen molar-refractivity contribution in [1.82, 2.24) is 19.5 Å². The molecule has 2 N–H and O–H groups in total. The Morgan fingerprint density at radius 2 is 1.82 bits per heavy atom. The van der Waals surface area contributed by atoms with E-state index >= 15 is 0 Å². The minimum Gasteiger partial charge on any atom is -0.496 e. The number of amides is 1. The van der Waals surface area contributed by atoms with Gasteiger partial charge in [-0.1, -0.05) is 43.0 Å². The lowest BCUT2D eigenvalue weighted by atomic mass is 10.1. The Labute approximate surface area is 218 Å². The number of carbonyl (C=O) groups is 1. The van der Waals surface area contributed by atoms with Crippen molar-refractivity contribution in [2.24, 2.45) is 0 Å². The Morgan fingerprint density at radius 1 is 1.00 bits per heavy atom. The summed E-state index contributed by atoms with van der Waals surface area (Å²) in [7, 11) is 1.62. The van der Waals surface area contributed by atoms with E-state index in [1.807, 2.05) is 55.5 Å². The molecule has 0 saturated carbocycles. The molecule has 38 heavy (non-hydrogen) atoms. The third-order valence-electron chi connectivity index (χ3n) is 5.86. The van der Waals surface area contributed by atoms with E-state index in [4.69, 9.17) is 4.74 Å². The van der Waals surface area contributed by atoms with Crippen molar-refractivity contribution in [2.75, 3.05) is 17.7 Å². The molecule has 2 heterocycles. The number of nitrogens with one attached hydrogen (secondary N) is 2. The van der Waals surface area contributed by atoms with Gasteiger partial charge in [0.15, 0.2) is 5.65 Å². The smallest absolute Gasteiger partial charge is 0.283 e. The maximum Gasteiger partial charge on any atom is 0.283 e. The van der Waals surface area contributed by atoms with Crippen LogP contribution in [0.25, 0.3) is 28.1 Å². The van der Waals surface area contributed by atoms with Gasteiger partial charge >= 0.3 is 0 Å². The normalized spacial score (nSPS) is 10.7. The Balaban J connectivity index is 1.68. The van der Waals surface area contributed by atoms with Gasteiger partial charge in [0.1, 0.15) is 17.0 Å². The van der Waals surface area contributed by atoms with E-state index in [0.717, 1.165) is 17.0 Å². The highest BCUT2D eigenvalue weighted by atomic mass is 16.5. The first kappa shape index (κ1) is 24.4. The van der Waals surface area contributed by atoms with Crippen LogP contribution in [0.1, 0.15) is 5.56 Å². The molecule has 0 spiro atoms. The summed E-state index contributed by atoms with van der Waals surface area (Å²) >= 11 is 0. The zero-order valence-corrected chi connectivity index (χ0v) is 20.8. The van der Waals surface area contributed by atoms with Crippen LogP contribution in [0.3, 0.4) is 0 Å². The van der Waals surface area contributed by atoms with Crippen molar-refractivity contribution in [3.63, 3.8) is 0 Å². The standard InChI is InChI=1S/C29H24N6O3/c1-4-25(36)31-20-11-8-12-22(16-20)35-27-23(33-26(28(35)37)19-9-6-5-7-10-19)17-30-29(34-27)32-21-13-14-24(38-3)18(2)15-21/h4-17H,1H2,2-3H3,(H,31,36)(H,30,32,34). The molecule has 0 aliphatic heterocycles. The van der Waals surface area contributed by atoms with Crippen molar-refractivity contribution >= 4 is 34.4 Å². The molecule has 2 aromatic heterocycles. The fourth-order valence-electron chi connectivity index (χ4n) is 4.07. The highest BCUT2D eigenvalue weighted by Gasteiger charge is 2.17. The molecule has 0 fully saturated rings. The predicted molar refractivity (Wildman–Crippen MR) is 148 cm³/mol. The van der Waals surface area contributed by atoms with Crippen LogP contribution < -0.4 is 20.9 Å². The molecule has 0 saturated heterocycles. The summed E-state index contributed by atoms with van der Waals surface area (Å²) in [6.07, 6.45) is 2.76. The lowest BCUT2D eigenvalue weighted by molar-refractivity contribution is -0.111. The molecular weight excluding hydrogens is 480 g/mol. The highest BCUT2D eigenvalue weighted by molar-refractivity contribution is 5.99. The van der Waals surface area contributed by atoms with Crippen LogP contribution >= 0.6 is 0 Å². The van der Waals surface area contributed by atoms with Crippen LogP contribution in [0.4, 0.5) is 17.3 Å². The number of carbonyl (C=O) groups excluding carboxylic acids is 1. The van der Waals surface area contributed by atoms with Gasteiger partial charge in [-0.15, -0.1) is 0 Å². The Bertz CT molecular complexity index is 1730. The molecule has 3 aromatic carbocycles. The molecule has 9 heteroatoms. The number of anilines is 3. The second-order valence-electron chi connectivity index (χ2n) is 8.42. The van der Waals surface area contributed by atoms with Gasteiger partial charge in [-0.25, -0.2) is 9.97 Å². The predicted octanol–water partition coefficient (Wildman–Crippen LogP) is 5.03. The van der Waals surface area contributed by atoms with Crippen LogP contribution in [-0.2, 0) is 4.79 Å². The summed E-state index contributed by atoms with van der Waals surface area (Å²) in [6, 6.07) is 21.8. The fraction of sp³-hybridized carbons (Fsp3) is 0.0690. The quantitative estimate of drug-likeness (QED) is 0.299. The Hall–Kier alpha value is -5.31. The van der Waals surface area contributed by atoms with E-state index in [2.05, 4.69) is 32.2 Å². The number of hydrogen-bond acceptors (Lipinski definition) is 7. The van der Waals surface area contributed by atoms with Crippen LogP contribution in [-0.4, -0.2) is 32.5 Å². The summed E-state index contributed by atoms with van der Waals surface area (Å²) in [5.41, 5.74) is 4.03. The van der Waals surface area contributed by atoms with Gasteiger partial charge in [-0.05, 0) is 55.0 Å². The summed E-state index contributed by atoms with van der Waals surface area (Å²) in [5.74, 6) is 0.702. The molecule has 0 radical (unpaired) electrons. The Kier molecular flexibility index (Phi) is 6.65. The van der Waals surface area contributed by atoms with E-state index in [1.165, 1.54) is 10.6 Å². The van der Waals surface area contributed by atoms with Crippen LogP contribution in [0, 0.1) is 6.92 Å². The molecular formula is C29H24N6O3. The maximum absolute atomic E-state index is 13.9. The average Bonchev–Trinajstić information content (AvgIpc) is 2.93. The van der Waals surface area contributed by atoms with E-state index in [1.54, 1.807) is 37.6 Å². The third kappa shape index (κ3) is 4.85. The molecule has 9 nitrogen and oxygen atoms in total. The van der Waals surface area contributed by atoms with Crippen molar-refractivity contribution in [2.45, 2.75) is 6.92 Å². The largest absolute Gasteiger partial charge is 0.496 e. The second kappa shape index (κ2) is 10.4. The number of rotatable bonds is 7. The zero-order chi connectivity index (χ0) is 26.6. The zero-order valence-electron chi connectivity index (χ0n) is 20.8. The summed E-state index contributed by atoms with van der Waals surface area (Å²) in [6.45, 7) is 5.43. The Morgan fingerprint density at radius 3 is 2.55 bits per heavy atom. The van der Waals surface area contributed by atoms with Gasteiger partial charge in [0.25, 0.3) is 5.56 Å². The summed E-state index contributed by atoms with van der Waals surface area (Å²) in [5, 5.41) is 5.92. The average molecular weight is 505 g/mol. The van der Waals surface area contributed by atoms with E-state index in [0.29, 0.717) is 34.1 Å². The molecule has 5 rings (SSSR count). The van der Waals surface area contributed by atoms with Crippen LogP contribution in [0.15, 0.2) is 96.4 Å². The molecule has 0 aliphatic rings. The molecule has 0 bridgehead atoms. The number of benzene rings is 3. The first-order chi connectivity index (χ1) is 18.5. The SMILES string of the molecule is C=CC(=O)Nc1cccc(-n2c(=O)c(-c3ccccc3)nc3cnc(Nc4ccc(OC)c(C)c4)nc32)c1. The number of methoxy groups -OCH3 is 1. The van der Waals surface area contributed by atoms with Gasteiger partial charge in [0, 0.05) is 16.9 Å². The molecule has 5 aromatic rings.